The van der Waals surface area contributed by atoms with Crippen LogP contribution in [0.5, 0.6) is 0 Å². The van der Waals surface area contributed by atoms with E-state index >= 15 is 0 Å². The molecule has 0 radical (unpaired) electrons. The highest BCUT2D eigenvalue weighted by atomic mass is 16.1. The molecule has 0 bridgehead atoms. The van der Waals surface area contributed by atoms with E-state index in [0.29, 0.717) is 17.7 Å². The lowest BCUT2D eigenvalue weighted by molar-refractivity contribution is -0.104. The fourth-order valence-electron chi connectivity index (χ4n) is 1.03. The van der Waals surface area contributed by atoms with E-state index in [1.54, 1.807) is 18.3 Å². The van der Waals surface area contributed by atoms with Gasteiger partial charge in [0.2, 0.25) is 0 Å². The number of aliphatic imine (C=N–C) groups is 1. The van der Waals surface area contributed by atoms with Crippen LogP contribution in [0.15, 0.2) is 65.8 Å². The molecule has 0 fully saturated rings. The predicted molar refractivity (Wildman–Crippen MR) is 70.5 cm³/mol. The van der Waals surface area contributed by atoms with Gasteiger partial charge in [-0.15, -0.1) is 0 Å². The maximum Gasteiger partial charge on any atom is 0.152 e. The minimum Gasteiger partial charge on any atom is -0.298 e. The SMILES string of the molecule is C=C(C=O)/C=C\C(=C)C(C)=Nc1ccccn1. The molecule has 1 aromatic heterocycles. The van der Waals surface area contributed by atoms with Crippen molar-refractivity contribution in [2.45, 2.75) is 6.92 Å². The third kappa shape index (κ3) is 4.38. The molecular formula is C14H14N2O. The molecule has 0 spiro atoms. The summed E-state index contributed by atoms with van der Waals surface area (Å²) in [4.78, 5) is 18.7. The number of nitrogens with zero attached hydrogens (tertiary/aromatic N) is 2. The van der Waals surface area contributed by atoms with Crippen LogP contribution in [-0.2, 0) is 4.79 Å². The lowest BCUT2D eigenvalue weighted by atomic mass is 10.1. The van der Waals surface area contributed by atoms with Crippen molar-refractivity contribution in [3.8, 4) is 0 Å². The van der Waals surface area contributed by atoms with Gasteiger partial charge < -0.3 is 0 Å². The van der Waals surface area contributed by atoms with E-state index in [1.165, 1.54) is 0 Å². The number of rotatable bonds is 5. The summed E-state index contributed by atoms with van der Waals surface area (Å²) >= 11 is 0. The molecule has 0 aromatic carbocycles. The Morgan fingerprint density at radius 1 is 1.35 bits per heavy atom. The third-order valence-electron chi connectivity index (χ3n) is 2.05. The van der Waals surface area contributed by atoms with Gasteiger partial charge in [-0.3, -0.25) is 4.79 Å². The molecule has 0 aliphatic rings. The van der Waals surface area contributed by atoms with Crippen LogP contribution in [0, 0.1) is 0 Å². The van der Waals surface area contributed by atoms with Crippen molar-refractivity contribution in [1.29, 1.82) is 0 Å². The Hall–Kier alpha value is -2.29. The molecule has 0 unspecified atom stereocenters. The number of carbonyl (C=O) groups excluding carboxylic acids is 1. The summed E-state index contributed by atoms with van der Waals surface area (Å²) in [6.45, 7) is 9.23. The predicted octanol–water partition coefficient (Wildman–Crippen LogP) is 3.04. The Kier molecular flexibility index (Phi) is 4.76. The summed E-state index contributed by atoms with van der Waals surface area (Å²) in [5, 5.41) is 0. The lowest BCUT2D eigenvalue weighted by Gasteiger charge is -1.99. The van der Waals surface area contributed by atoms with Crippen molar-refractivity contribution in [3.63, 3.8) is 0 Å². The summed E-state index contributed by atoms with van der Waals surface area (Å²) in [6.07, 6.45) is 5.68. The number of aromatic nitrogens is 1. The first-order valence-electron chi connectivity index (χ1n) is 5.11. The molecule has 1 rings (SSSR count). The molecular weight excluding hydrogens is 212 g/mol. The van der Waals surface area contributed by atoms with Gasteiger partial charge in [-0.25, -0.2) is 9.98 Å². The molecule has 17 heavy (non-hydrogen) atoms. The van der Waals surface area contributed by atoms with Gasteiger partial charge in [-0.05, 0) is 24.6 Å². The summed E-state index contributed by atoms with van der Waals surface area (Å²) < 4.78 is 0. The van der Waals surface area contributed by atoms with Gasteiger partial charge in [0.05, 0.1) is 0 Å². The lowest BCUT2D eigenvalue weighted by Crippen LogP contribution is -1.93. The maximum atomic E-state index is 10.4. The van der Waals surface area contributed by atoms with E-state index in [4.69, 9.17) is 0 Å². The summed E-state index contributed by atoms with van der Waals surface area (Å²) in [7, 11) is 0. The van der Waals surface area contributed by atoms with Gasteiger partial charge in [-0.1, -0.05) is 31.4 Å². The van der Waals surface area contributed by atoms with Gasteiger partial charge in [0.25, 0.3) is 0 Å². The number of carbonyl (C=O) groups is 1. The third-order valence-corrected chi connectivity index (χ3v) is 2.05. The first-order valence-corrected chi connectivity index (χ1v) is 5.11. The number of aldehydes is 1. The Labute approximate surface area is 101 Å². The second-order valence-electron chi connectivity index (χ2n) is 3.44. The summed E-state index contributed by atoms with van der Waals surface area (Å²) in [5.41, 5.74) is 1.87. The second-order valence-corrected chi connectivity index (χ2v) is 3.44. The van der Waals surface area contributed by atoms with E-state index in [2.05, 4.69) is 23.1 Å². The highest BCUT2D eigenvalue weighted by Crippen LogP contribution is 2.09. The second kappa shape index (κ2) is 6.33. The molecule has 0 saturated carbocycles. The fraction of sp³-hybridized carbons (Fsp3) is 0.0714. The van der Waals surface area contributed by atoms with Crippen LogP contribution in [0.3, 0.4) is 0 Å². The van der Waals surface area contributed by atoms with Crippen molar-refractivity contribution in [3.05, 3.63) is 60.9 Å². The fourth-order valence-corrected chi connectivity index (χ4v) is 1.03. The van der Waals surface area contributed by atoms with Crippen molar-refractivity contribution in [2.75, 3.05) is 0 Å². The van der Waals surface area contributed by atoms with Crippen molar-refractivity contribution < 1.29 is 4.79 Å². The highest BCUT2D eigenvalue weighted by molar-refractivity contribution is 6.01. The summed E-state index contributed by atoms with van der Waals surface area (Å²) in [5.74, 6) is 0.633. The van der Waals surface area contributed by atoms with Gasteiger partial charge in [0.1, 0.15) is 6.29 Å². The molecule has 0 amide bonds. The smallest absolute Gasteiger partial charge is 0.152 e. The van der Waals surface area contributed by atoms with Crippen LogP contribution in [0.2, 0.25) is 0 Å². The number of hydrogen-bond acceptors (Lipinski definition) is 3. The molecule has 3 nitrogen and oxygen atoms in total. The average Bonchev–Trinajstić information content (AvgIpc) is 2.36. The average molecular weight is 226 g/mol. The van der Waals surface area contributed by atoms with Crippen LogP contribution in [0.1, 0.15) is 6.92 Å². The number of allylic oxidation sites excluding steroid dienone is 4. The van der Waals surface area contributed by atoms with Crippen molar-refractivity contribution >= 4 is 17.8 Å². The topological polar surface area (TPSA) is 42.3 Å². The quantitative estimate of drug-likeness (QED) is 0.335. The Bertz CT molecular complexity index is 484. The molecule has 1 aromatic rings. The first kappa shape index (κ1) is 12.8. The molecule has 86 valence electrons. The molecule has 0 saturated heterocycles. The van der Waals surface area contributed by atoms with Crippen LogP contribution < -0.4 is 0 Å². The van der Waals surface area contributed by atoms with E-state index in [0.717, 1.165) is 11.3 Å². The zero-order valence-corrected chi connectivity index (χ0v) is 9.76. The van der Waals surface area contributed by atoms with E-state index in [-0.39, 0.29) is 0 Å². The Morgan fingerprint density at radius 3 is 2.71 bits per heavy atom. The largest absolute Gasteiger partial charge is 0.298 e. The first-order chi connectivity index (χ1) is 8.13. The van der Waals surface area contributed by atoms with Crippen molar-refractivity contribution in [2.24, 2.45) is 4.99 Å². The highest BCUT2D eigenvalue weighted by Gasteiger charge is 1.96. The molecule has 0 N–H and O–H groups in total. The number of hydrogen-bond donors (Lipinski definition) is 0. The molecule has 0 aliphatic heterocycles. The number of pyridine rings is 1. The van der Waals surface area contributed by atoms with Crippen LogP contribution in [-0.4, -0.2) is 17.0 Å². The van der Waals surface area contributed by atoms with Crippen LogP contribution in [0.4, 0.5) is 5.82 Å². The maximum absolute atomic E-state index is 10.4. The summed E-state index contributed by atoms with van der Waals surface area (Å²) in [6, 6.07) is 5.51. The molecule has 0 aliphatic carbocycles. The van der Waals surface area contributed by atoms with Gasteiger partial charge in [-0.2, -0.15) is 0 Å². The standard InChI is InChI=1S/C14H14N2O/c1-11(10-17)7-8-12(2)13(3)16-14-6-4-5-9-15-14/h4-10H,1-2H2,3H3/b8-7-,16-13?. The molecule has 0 atom stereocenters. The van der Waals surface area contributed by atoms with Gasteiger partial charge in [0, 0.05) is 17.5 Å². The Morgan fingerprint density at radius 2 is 2.12 bits per heavy atom. The van der Waals surface area contributed by atoms with E-state index < -0.39 is 0 Å². The van der Waals surface area contributed by atoms with Crippen LogP contribution >= 0.6 is 0 Å². The van der Waals surface area contributed by atoms with E-state index in [1.807, 2.05) is 25.1 Å². The van der Waals surface area contributed by atoms with Crippen molar-refractivity contribution in [1.82, 2.24) is 4.98 Å². The van der Waals surface area contributed by atoms with Gasteiger partial charge in [0.15, 0.2) is 5.82 Å². The minimum absolute atomic E-state index is 0.400. The zero-order chi connectivity index (χ0) is 12.7. The monoisotopic (exact) mass is 226 g/mol. The Balaban J connectivity index is 2.77. The zero-order valence-electron chi connectivity index (χ0n) is 9.76. The van der Waals surface area contributed by atoms with E-state index in [9.17, 15) is 4.79 Å². The molecule has 3 heteroatoms. The minimum atomic E-state index is 0.400. The van der Waals surface area contributed by atoms with Crippen LogP contribution in [0.25, 0.3) is 0 Å². The van der Waals surface area contributed by atoms with Gasteiger partial charge >= 0.3 is 0 Å². The normalized spacial score (nSPS) is 11.5. The molecule has 1 heterocycles.